The molecule has 174 valence electrons. The van der Waals surface area contributed by atoms with E-state index < -0.39 is 0 Å². The van der Waals surface area contributed by atoms with Crippen LogP contribution < -0.4 is 4.74 Å². The molecule has 1 aliphatic carbocycles. The summed E-state index contributed by atoms with van der Waals surface area (Å²) in [4.78, 5) is 14.1. The number of rotatable bonds is 6. The van der Waals surface area contributed by atoms with Gasteiger partial charge in [-0.05, 0) is 67.0 Å². The third-order valence-corrected chi connectivity index (χ3v) is 7.55. The fraction of sp³-hybridized carbons (Fsp3) is 0.593. The van der Waals surface area contributed by atoms with Crippen LogP contribution in [0.15, 0.2) is 30.3 Å². The Labute approximate surface area is 197 Å². The summed E-state index contributed by atoms with van der Waals surface area (Å²) in [5.41, 5.74) is 1.60. The molecule has 0 unspecified atom stereocenters. The highest BCUT2D eigenvalue weighted by atomic mass is 35.5. The molecule has 0 atom stereocenters. The predicted octanol–water partition coefficient (Wildman–Crippen LogP) is 6.47. The molecule has 2 aromatic rings. The number of hydrogen-bond donors (Lipinski definition) is 0. The third kappa shape index (κ3) is 5.23. The Morgan fingerprint density at radius 2 is 1.81 bits per heavy atom. The lowest BCUT2D eigenvalue weighted by molar-refractivity contribution is -0.154. The third-order valence-electron chi connectivity index (χ3n) is 7.16. The van der Waals surface area contributed by atoms with Crippen LogP contribution in [-0.4, -0.2) is 36.7 Å². The number of hydrogen-bond acceptors (Lipinski definition) is 4. The average Bonchev–Trinajstić information content (AvgIpc) is 2.72. The fourth-order valence-corrected chi connectivity index (χ4v) is 5.38. The van der Waals surface area contributed by atoms with Crippen LogP contribution in [0.4, 0.5) is 0 Å². The summed E-state index contributed by atoms with van der Waals surface area (Å²) >= 11 is 6.76. The molecule has 1 heterocycles. The van der Waals surface area contributed by atoms with Crippen molar-refractivity contribution in [2.75, 3.05) is 19.7 Å². The lowest BCUT2D eigenvalue weighted by Gasteiger charge is -2.37. The summed E-state index contributed by atoms with van der Waals surface area (Å²) in [6.45, 7) is 11.7. The van der Waals surface area contributed by atoms with E-state index in [9.17, 15) is 4.79 Å². The second-order valence-electron chi connectivity index (χ2n) is 10.5. The maximum absolute atomic E-state index is 11.8. The Hall–Kier alpha value is -1.78. The molecular formula is C27H36ClNO3. The Morgan fingerprint density at radius 1 is 1.09 bits per heavy atom. The molecule has 0 bridgehead atoms. The molecule has 0 spiro atoms. The second-order valence-corrected chi connectivity index (χ2v) is 10.9. The molecule has 0 N–H and O–H groups in total. The van der Waals surface area contributed by atoms with Gasteiger partial charge in [0.25, 0.3) is 0 Å². The van der Waals surface area contributed by atoms with Gasteiger partial charge in [-0.3, -0.25) is 9.69 Å². The van der Waals surface area contributed by atoms with Crippen LogP contribution in [0.1, 0.15) is 58.9 Å². The van der Waals surface area contributed by atoms with Gasteiger partial charge < -0.3 is 9.47 Å². The highest BCUT2D eigenvalue weighted by Gasteiger charge is 2.33. The van der Waals surface area contributed by atoms with Crippen molar-refractivity contribution in [3.63, 3.8) is 0 Å². The molecule has 0 amide bonds. The zero-order chi connectivity index (χ0) is 22.9. The van der Waals surface area contributed by atoms with Crippen LogP contribution in [-0.2, 0) is 16.1 Å². The van der Waals surface area contributed by atoms with Gasteiger partial charge in [0.2, 0.25) is 0 Å². The van der Waals surface area contributed by atoms with E-state index >= 15 is 0 Å². The number of benzene rings is 2. The van der Waals surface area contributed by atoms with Crippen molar-refractivity contribution < 1.29 is 14.3 Å². The van der Waals surface area contributed by atoms with E-state index in [2.05, 4.69) is 49.9 Å². The van der Waals surface area contributed by atoms with Crippen LogP contribution in [0.25, 0.3) is 10.8 Å². The number of esters is 1. The molecule has 0 aromatic heterocycles. The maximum atomic E-state index is 11.8. The van der Waals surface area contributed by atoms with Crippen molar-refractivity contribution in [1.29, 1.82) is 0 Å². The summed E-state index contributed by atoms with van der Waals surface area (Å²) in [7, 11) is 0. The molecule has 2 aromatic carbocycles. The quantitative estimate of drug-likeness (QED) is 0.466. The monoisotopic (exact) mass is 457 g/mol. The molecule has 4 rings (SSSR count). The molecule has 0 radical (unpaired) electrons. The van der Waals surface area contributed by atoms with Crippen LogP contribution in [0.2, 0.25) is 5.02 Å². The smallest absolute Gasteiger partial charge is 0.311 e. The Morgan fingerprint density at radius 3 is 2.47 bits per heavy atom. The van der Waals surface area contributed by atoms with Gasteiger partial charge in [0.05, 0.1) is 23.7 Å². The van der Waals surface area contributed by atoms with Gasteiger partial charge in [-0.2, -0.15) is 0 Å². The first-order valence-electron chi connectivity index (χ1n) is 12.0. The number of carbonyl (C=O) groups is 1. The number of fused-ring (bicyclic) bond motifs is 1. The molecule has 2 aliphatic rings. The lowest BCUT2D eigenvalue weighted by atomic mass is 9.72. The van der Waals surface area contributed by atoms with Gasteiger partial charge in [0.1, 0.15) is 5.75 Å². The maximum Gasteiger partial charge on any atom is 0.311 e. The van der Waals surface area contributed by atoms with Crippen LogP contribution in [0.3, 0.4) is 0 Å². The van der Waals surface area contributed by atoms with Gasteiger partial charge in [0, 0.05) is 25.0 Å². The predicted molar refractivity (Wildman–Crippen MR) is 130 cm³/mol. The average molecular weight is 458 g/mol. The van der Waals surface area contributed by atoms with Gasteiger partial charge in [-0.15, -0.1) is 0 Å². The minimum atomic E-state index is -0.0755. The van der Waals surface area contributed by atoms with Gasteiger partial charge in [-0.1, -0.05) is 50.6 Å². The molecule has 1 aliphatic heterocycles. The van der Waals surface area contributed by atoms with Crippen molar-refractivity contribution in [3.05, 3.63) is 40.9 Å². The Bertz CT molecular complexity index is 953. The molecule has 4 nitrogen and oxygen atoms in total. The SMILES string of the molecule is CCOC(=O)C1CN(Cc2ccc3c(Cl)c(OC4CCC(C(C)(C)C)CC4)ccc3c2)C1. The molecule has 32 heavy (non-hydrogen) atoms. The topological polar surface area (TPSA) is 38.8 Å². The Kier molecular flexibility index (Phi) is 7.02. The van der Waals surface area contributed by atoms with Crippen molar-refractivity contribution in [2.45, 2.75) is 66.0 Å². The van der Waals surface area contributed by atoms with E-state index in [1.807, 2.05) is 13.0 Å². The summed E-state index contributed by atoms with van der Waals surface area (Å²) in [5.74, 6) is 1.51. The first-order chi connectivity index (χ1) is 15.2. The summed E-state index contributed by atoms with van der Waals surface area (Å²) in [6.07, 6.45) is 4.88. The van der Waals surface area contributed by atoms with Gasteiger partial charge >= 0.3 is 5.97 Å². The zero-order valence-corrected chi connectivity index (χ0v) is 20.6. The number of carbonyl (C=O) groups excluding carboxylic acids is 1. The zero-order valence-electron chi connectivity index (χ0n) is 19.8. The van der Waals surface area contributed by atoms with Crippen molar-refractivity contribution in [2.24, 2.45) is 17.3 Å². The van der Waals surface area contributed by atoms with E-state index in [4.69, 9.17) is 21.1 Å². The van der Waals surface area contributed by atoms with Crippen molar-refractivity contribution in [1.82, 2.24) is 4.90 Å². The van der Waals surface area contributed by atoms with Gasteiger partial charge in [-0.25, -0.2) is 0 Å². The molecule has 2 fully saturated rings. The molecule has 1 saturated carbocycles. The van der Waals surface area contributed by atoms with Crippen LogP contribution in [0.5, 0.6) is 5.75 Å². The minimum Gasteiger partial charge on any atom is -0.489 e. The number of ether oxygens (including phenoxy) is 2. The minimum absolute atomic E-state index is 0.0167. The van der Waals surface area contributed by atoms with E-state index in [1.165, 1.54) is 18.4 Å². The molecule has 1 saturated heterocycles. The van der Waals surface area contributed by atoms with E-state index in [1.54, 1.807) is 0 Å². The lowest BCUT2D eigenvalue weighted by Crippen LogP contribution is -2.50. The van der Waals surface area contributed by atoms with Crippen molar-refractivity contribution in [3.8, 4) is 5.75 Å². The first kappa shape index (κ1) is 23.4. The van der Waals surface area contributed by atoms with Crippen LogP contribution in [0, 0.1) is 17.3 Å². The first-order valence-corrected chi connectivity index (χ1v) is 12.4. The van der Waals surface area contributed by atoms with Crippen molar-refractivity contribution >= 4 is 28.3 Å². The summed E-state index contributed by atoms with van der Waals surface area (Å²) in [5, 5.41) is 2.86. The molecule has 5 heteroatoms. The van der Waals surface area contributed by atoms with Crippen LogP contribution >= 0.6 is 11.6 Å². The van der Waals surface area contributed by atoms with E-state index in [-0.39, 0.29) is 18.0 Å². The fourth-order valence-electron chi connectivity index (χ4n) is 5.10. The number of nitrogens with zero attached hydrogens (tertiary/aromatic N) is 1. The highest BCUT2D eigenvalue weighted by molar-refractivity contribution is 6.37. The number of likely N-dealkylation sites (tertiary alicyclic amines) is 1. The van der Waals surface area contributed by atoms with Gasteiger partial charge in [0.15, 0.2) is 0 Å². The highest BCUT2D eigenvalue weighted by Crippen LogP contribution is 2.40. The second kappa shape index (κ2) is 9.61. The number of halogens is 1. The Balaban J connectivity index is 1.36. The van der Waals surface area contributed by atoms with E-state index in [0.717, 1.165) is 54.9 Å². The summed E-state index contributed by atoms with van der Waals surface area (Å²) in [6, 6.07) is 10.5. The van der Waals surface area contributed by atoms with E-state index in [0.29, 0.717) is 17.0 Å². The standard InChI is InChI=1S/C27H36ClNO3/c1-5-31-26(30)20-16-29(17-20)15-18-6-12-23-19(14-18)7-13-24(25(23)28)32-22-10-8-21(9-11-22)27(2,3)4/h6-7,12-14,20-22H,5,8-11,15-17H2,1-4H3. The normalized spacial score (nSPS) is 22.5. The summed E-state index contributed by atoms with van der Waals surface area (Å²) < 4.78 is 11.5. The largest absolute Gasteiger partial charge is 0.489 e. The molecular weight excluding hydrogens is 422 g/mol.